The van der Waals surface area contributed by atoms with Crippen LogP contribution < -0.4 is 0 Å². The molecule has 0 aromatic heterocycles. The molecule has 0 spiro atoms. The molecular formula is C23H31IO2. The third-order valence-electron chi connectivity index (χ3n) is 8.63. The molecule has 6 atom stereocenters. The summed E-state index contributed by atoms with van der Waals surface area (Å²) in [6, 6.07) is 0. The van der Waals surface area contributed by atoms with Gasteiger partial charge in [0.05, 0.1) is 0 Å². The number of hydrogen-bond donors (Lipinski definition) is 1. The van der Waals surface area contributed by atoms with E-state index in [0.29, 0.717) is 23.5 Å². The van der Waals surface area contributed by atoms with Gasteiger partial charge in [-0.15, -0.1) is 0 Å². The second-order valence-electron chi connectivity index (χ2n) is 9.56. The summed E-state index contributed by atoms with van der Waals surface area (Å²) < 4.78 is 1.03. The number of alkyl halides is 1. The highest BCUT2D eigenvalue weighted by Gasteiger charge is 2.63. The highest BCUT2D eigenvalue weighted by atomic mass is 127. The molecule has 0 aliphatic heterocycles. The molecule has 0 aromatic carbocycles. The highest BCUT2D eigenvalue weighted by Crippen LogP contribution is 2.67. The normalized spacial score (nSPS) is 47.2. The van der Waals surface area contributed by atoms with Crippen LogP contribution in [0.5, 0.6) is 0 Å². The van der Waals surface area contributed by atoms with Crippen LogP contribution >= 0.6 is 22.6 Å². The van der Waals surface area contributed by atoms with Gasteiger partial charge in [-0.25, -0.2) is 0 Å². The summed E-state index contributed by atoms with van der Waals surface area (Å²) in [6.45, 7) is 4.74. The summed E-state index contributed by atoms with van der Waals surface area (Å²) in [5.74, 6) is 8.84. The Balaban J connectivity index is 1.64. The minimum absolute atomic E-state index is 0.0610. The lowest BCUT2D eigenvalue weighted by molar-refractivity contribution is -0.119. The molecule has 0 radical (unpaired) electrons. The third-order valence-corrected chi connectivity index (χ3v) is 9.17. The van der Waals surface area contributed by atoms with Crippen molar-refractivity contribution in [2.75, 3.05) is 4.43 Å². The van der Waals surface area contributed by atoms with Gasteiger partial charge in [0, 0.05) is 22.7 Å². The van der Waals surface area contributed by atoms with Gasteiger partial charge < -0.3 is 5.11 Å². The predicted molar refractivity (Wildman–Crippen MR) is 113 cm³/mol. The van der Waals surface area contributed by atoms with E-state index in [0.717, 1.165) is 49.4 Å². The summed E-state index contributed by atoms with van der Waals surface area (Å²) in [4.78, 5) is 11.9. The maximum absolute atomic E-state index is 11.9. The quantitative estimate of drug-likeness (QED) is 0.333. The molecule has 2 nitrogen and oxygen atoms in total. The molecule has 3 fully saturated rings. The van der Waals surface area contributed by atoms with Crippen LogP contribution in [0.1, 0.15) is 71.6 Å². The van der Waals surface area contributed by atoms with E-state index < -0.39 is 5.60 Å². The van der Waals surface area contributed by atoms with Gasteiger partial charge in [-0.1, -0.05) is 53.9 Å². The Morgan fingerprint density at radius 3 is 2.69 bits per heavy atom. The molecule has 142 valence electrons. The van der Waals surface area contributed by atoms with Gasteiger partial charge in [-0.2, -0.15) is 0 Å². The lowest BCUT2D eigenvalue weighted by Gasteiger charge is -2.58. The summed E-state index contributed by atoms with van der Waals surface area (Å²) >= 11 is 2.35. The van der Waals surface area contributed by atoms with Crippen molar-refractivity contribution in [3.63, 3.8) is 0 Å². The van der Waals surface area contributed by atoms with Crippen molar-refractivity contribution in [2.45, 2.75) is 77.2 Å². The van der Waals surface area contributed by atoms with Crippen molar-refractivity contribution in [3.05, 3.63) is 11.6 Å². The van der Waals surface area contributed by atoms with Crippen LogP contribution in [-0.2, 0) is 4.79 Å². The van der Waals surface area contributed by atoms with Crippen LogP contribution in [0.2, 0.25) is 0 Å². The van der Waals surface area contributed by atoms with E-state index in [-0.39, 0.29) is 10.8 Å². The number of carbonyl (C=O) groups excluding carboxylic acids is 1. The average molecular weight is 466 g/mol. The van der Waals surface area contributed by atoms with E-state index in [9.17, 15) is 9.90 Å². The Kier molecular flexibility index (Phi) is 4.84. The maximum Gasteiger partial charge on any atom is 0.155 e. The lowest BCUT2D eigenvalue weighted by atomic mass is 9.46. The highest BCUT2D eigenvalue weighted by molar-refractivity contribution is 14.1. The number of hydrogen-bond acceptors (Lipinski definition) is 2. The van der Waals surface area contributed by atoms with Crippen LogP contribution in [0.15, 0.2) is 11.6 Å². The van der Waals surface area contributed by atoms with Gasteiger partial charge in [0.2, 0.25) is 0 Å². The number of carbonyl (C=O) groups is 1. The Hall–Kier alpha value is -0.340. The molecule has 4 aliphatic rings. The van der Waals surface area contributed by atoms with Gasteiger partial charge in [-0.05, 0) is 74.2 Å². The van der Waals surface area contributed by atoms with E-state index in [1.165, 1.54) is 18.4 Å². The number of rotatable bonds is 1. The number of halogens is 1. The van der Waals surface area contributed by atoms with Gasteiger partial charge in [-0.3, -0.25) is 4.79 Å². The minimum atomic E-state index is -0.798. The Bertz CT molecular complexity index is 701. The molecule has 0 bridgehead atoms. The van der Waals surface area contributed by atoms with E-state index >= 15 is 0 Å². The number of allylic oxidation sites excluding steroid dienone is 1. The Labute approximate surface area is 171 Å². The first kappa shape index (κ1) is 19.0. The van der Waals surface area contributed by atoms with E-state index in [1.807, 2.05) is 6.08 Å². The zero-order valence-corrected chi connectivity index (χ0v) is 18.3. The Morgan fingerprint density at radius 2 is 1.92 bits per heavy atom. The average Bonchev–Trinajstić information content (AvgIpc) is 2.87. The van der Waals surface area contributed by atoms with Crippen molar-refractivity contribution in [3.8, 4) is 11.8 Å². The molecule has 4 aliphatic carbocycles. The topological polar surface area (TPSA) is 37.3 Å². The summed E-state index contributed by atoms with van der Waals surface area (Å²) in [6.07, 6.45) is 11.1. The van der Waals surface area contributed by atoms with Crippen molar-refractivity contribution >= 4 is 28.4 Å². The third kappa shape index (κ3) is 2.65. The second-order valence-corrected chi connectivity index (χ2v) is 10.6. The molecular weight excluding hydrogens is 435 g/mol. The first-order chi connectivity index (χ1) is 12.3. The monoisotopic (exact) mass is 466 g/mol. The van der Waals surface area contributed by atoms with E-state index in [1.54, 1.807) is 0 Å². The molecule has 0 unspecified atom stereocenters. The van der Waals surface area contributed by atoms with Crippen molar-refractivity contribution < 1.29 is 9.90 Å². The van der Waals surface area contributed by atoms with Crippen molar-refractivity contribution in [2.24, 2.45) is 28.6 Å². The fourth-order valence-corrected chi connectivity index (χ4v) is 7.31. The van der Waals surface area contributed by atoms with Gasteiger partial charge >= 0.3 is 0 Å². The van der Waals surface area contributed by atoms with E-state index in [4.69, 9.17) is 0 Å². The van der Waals surface area contributed by atoms with Crippen molar-refractivity contribution in [1.29, 1.82) is 0 Å². The largest absolute Gasteiger partial charge is 0.377 e. The fourth-order valence-electron chi connectivity index (χ4n) is 7.04. The SMILES string of the molecule is C[C@]12CCC(=O)C=C1CC[C@@H]1[C@@H]2CC[C@@]2(C)[C@H]1CC[C@@]2(O)C#CCCI. The van der Waals surface area contributed by atoms with Crippen LogP contribution in [0, 0.1) is 40.4 Å². The predicted octanol–water partition coefficient (Wildman–Crippen LogP) is 5.08. The smallest absolute Gasteiger partial charge is 0.155 e. The zero-order chi connectivity index (χ0) is 18.6. The van der Waals surface area contributed by atoms with Gasteiger partial charge in [0.15, 0.2) is 5.78 Å². The molecule has 0 heterocycles. The van der Waals surface area contributed by atoms with Crippen LogP contribution in [0.4, 0.5) is 0 Å². The van der Waals surface area contributed by atoms with Gasteiger partial charge in [0.1, 0.15) is 5.60 Å². The molecule has 3 heteroatoms. The summed E-state index contributed by atoms with van der Waals surface area (Å²) in [7, 11) is 0. The summed E-state index contributed by atoms with van der Waals surface area (Å²) in [5, 5.41) is 11.5. The fraction of sp³-hybridized carbons (Fsp3) is 0.783. The number of ketones is 1. The van der Waals surface area contributed by atoms with Crippen LogP contribution in [0.25, 0.3) is 0 Å². The molecule has 3 saturated carbocycles. The minimum Gasteiger partial charge on any atom is -0.377 e. The first-order valence-electron chi connectivity index (χ1n) is 10.4. The van der Waals surface area contributed by atoms with Gasteiger partial charge in [0.25, 0.3) is 0 Å². The zero-order valence-electron chi connectivity index (χ0n) is 16.1. The lowest BCUT2D eigenvalue weighted by Crippen LogP contribution is -2.54. The van der Waals surface area contributed by atoms with Crippen LogP contribution in [0.3, 0.4) is 0 Å². The van der Waals surface area contributed by atoms with Crippen LogP contribution in [-0.4, -0.2) is 20.9 Å². The number of fused-ring (bicyclic) bond motifs is 5. The van der Waals surface area contributed by atoms with E-state index in [2.05, 4.69) is 48.3 Å². The Morgan fingerprint density at radius 1 is 1.15 bits per heavy atom. The molecule has 26 heavy (non-hydrogen) atoms. The molecule has 1 N–H and O–H groups in total. The van der Waals surface area contributed by atoms with Crippen molar-refractivity contribution in [1.82, 2.24) is 0 Å². The first-order valence-corrected chi connectivity index (χ1v) is 11.9. The second kappa shape index (κ2) is 6.62. The summed E-state index contributed by atoms with van der Waals surface area (Å²) in [5.41, 5.74) is 0.780. The standard InChI is InChI=1S/C23H31IO2/c1-21-11-7-17(25)15-16(21)5-6-18-19(21)8-12-22(2)20(18)9-13-23(22,26)10-3-4-14-24/h15,18-20,26H,4-9,11-14H2,1-2H3/t18-,19+,20+,21+,22+,23+/m1/s1. The maximum atomic E-state index is 11.9. The molecule has 4 rings (SSSR count). The number of aliphatic hydroxyl groups is 1. The molecule has 0 aromatic rings. The molecule has 0 saturated heterocycles. The molecule has 0 amide bonds.